The minimum Gasteiger partial charge on any atom is -0.303 e. The Morgan fingerprint density at radius 2 is 0.622 bits per heavy atom. The predicted octanol–water partition coefficient (Wildman–Crippen LogP) is 4.90. The van der Waals surface area contributed by atoms with Crippen molar-refractivity contribution in [1.29, 1.82) is 0 Å². The van der Waals surface area contributed by atoms with Crippen LogP contribution in [0, 0.1) is 0 Å². The zero-order valence-electron chi connectivity index (χ0n) is 27.9. The van der Waals surface area contributed by atoms with E-state index in [4.69, 9.17) is 0 Å². The van der Waals surface area contributed by atoms with Crippen LogP contribution in [-0.2, 0) is 0 Å². The van der Waals surface area contributed by atoms with Crippen LogP contribution in [-0.4, -0.2) is 145 Å². The quantitative estimate of drug-likeness (QED) is 0.423. The van der Waals surface area contributed by atoms with Crippen molar-refractivity contribution in [2.45, 2.75) is 126 Å². The van der Waals surface area contributed by atoms with Crippen LogP contribution in [0.15, 0.2) is 0 Å². The fourth-order valence-corrected chi connectivity index (χ4v) is 4.59. The summed E-state index contributed by atoms with van der Waals surface area (Å²) in [5.74, 6) is 0. The second-order valence-corrected chi connectivity index (χ2v) is 13.0. The summed E-state index contributed by atoms with van der Waals surface area (Å²) in [6.45, 7) is 39.6. The monoisotopic (exact) mass is 527 g/mol. The molecule has 0 aromatic rings. The molecule has 6 heteroatoms. The highest BCUT2D eigenvalue weighted by Gasteiger charge is 2.20. The van der Waals surface area contributed by atoms with Crippen LogP contribution >= 0.6 is 0 Å². The van der Waals surface area contributed by atoms with Gasteiger partial charge in [0, 0.05) is 88.6 Å². The zero-order valence-corrected chi connectivity index (χ0v) is 27.9. The molecule has 2 aliphatic heterocycles. The van der Waals surface area contributed by atoms with Crippen molar-refractivity contribution in [2.24, 2.45) is 0 Å². The number of nitrogens with zero attached hydrogens (tertiary/aromatic N) is 6. The molecule has 0 bridgehead atoms. The van der Waals surface area contributed by atoms with Crippen LogP contribution in [0.25, 0.3) is 0 Å². The molecule has 0 amide bonds. The third-order valence-corrected chi connectivity index (χ3v) is 8.40. The summed E-state index contributed by atoms with van der Waals surface area (Å²) in [6.07, 6.45) is 1.33. The molecule has 37 heavy (non-hydrogen) atoms. The van der Waals surface area contributed by atoms with Gasteiger partial charge in [0.05, 0.1) is 0 Å². The molecule has 0 aromatic heterocycles. The molecule has 0 atom stereocenters. The van der Waals surface area contributed by atoms with E-state index in [2.05, 4.69) is 127 Å². The maximum absolute atomic E-state index is 2.59. The molecule has 0 N–H and O–H groups in total. The van der Waals surface area contributed by atoms with Crippen molar-refractivity contribution in [3.05, 3.63) is 0 Å². The van der Waals surface area contributed by atoms with Gasteiger partial charge in [-0.25, -0.2) is 0 Å². The molecular formula is C31H70N6. The van der Waals surface area contributed by atoms with Crippen molar-refractivity contribution in [3.8, 4) is 0 Å². The van der Waals surface area contributed by atoms with Gasteiger partial charge in [-0.1, -0.05) is 0 Å². The topological polar surface area (TPSA) is 19.4 Å². The van der Waals surface area contributed by atoms with E-state index in [1.165, 1.54) is 58.8 Å². The number of likely N-dealkylation sites (N-methyl/N-ethyl adjacent to an activating group) is 2. The highest BCUT2D eigenvalue weighted by Crippen LogP contribution is 2.09. The second kappa shape index (κ2) is 19.8. The molecule has 2 saturated heterocycles. The minimum absolute atomic E-state index is 0.658. The van der Waals surface area contributed by atoms with Crippen LogP contribution in [0.2, 0.25) is 0 Å². The fourth-order valence-electron chi connectivity index (χ4n) is 4.59. The van der Waals surface area contributed by atoms with Crippen LogP contribution in [0.5, 0.6) is 0 Å². The normalized spacial score (nSPS) is 19.3. The van der Waals surface area contributed by atoms with Crippen LogP contribution in [0.4, 0.5) is 0 Å². The molecule has 6 nitrogen and oxygen atoms in total. The number of hydrogen-bond donors (Lipinski definition) is 0. The van der Waals surface area contributed by atoms with Gasteiger partial charge < -0.3 is 9.80 Å². The average Bonchev–Trinajstić information content (AvgIpc) is 3.10. The van der Waals surface area contributed by atoms with Crippen molar-refractivity contribution in [3.63, 3.8) is 0 Å². The van der Waals surface area contributed by atoms with Gasteiger partial charge in [0.1, 0.15) is 0 Å². The van der Waals surface area contributed by atoms with Gasteiger partial charge in [0.25, 0.3) is 0 Å². The summed E-state index contributed by atoms with van der Waals surface area (Å²) in [4.78, 5) is 15.0. The Balaban J connectivity index is 0.000000526. The SMILES string of the molecule is CC(C)N(C)CCN(C)C(C)C.CC(C)N1CCCN(C(C)C)CC1.CC(C)N1CCN(C(C)C)CC1. The molecule has 0 spiro atoms. The first kappa shape index (κ1) is 36.8. The number of piperazine rings is 1. The highest BCUT2D eigenvalue weighted by molar-refractivity contribution is 4.76. The first-order chi connectivity index (χ1) is 17.2. The van der Waals surface area contributed by atoms with Gasteiger partial charge in [-0.05, 0) is 117 Å². The molecule has 0 aliphatic carbocycles. The smallest absolute Gasteiger partial charge is 0.0113 e. The molecule has 2 heterocycles. The fraction of sp³-hybridized carbons (Fsp3) is 1.00. The third kappa shape index (κ3) is 16.5. The van der Waals surface area contributed by atoms with E-state index < -0.39 is 0 Å². The Labute approximate surface area is 234 Å². The summed E-state index contributed by atoms with van der Waals surface area (Å²) in [5.41, 5.74) is 0. The van der Waals surface area contributed by atoms with E-state index in [0.29, 0.717) is 24.2 Å². The first-order valence-electron chi connectivity index (χ1n) is 15.5. The number of hydrogen-bond acceptors (Lipinski definition) is 6. The van der Waals surface area contributed by atoms with E-state index in [9.17, 15) is 0 Å². The largest absolute Gasteiger partial charge is 0.303 e. The van der Waals surface area contributed by atoms with Gasteiger partial charge in [0.15, 0.2) is 0 Å². The lowest BCUT2D eigenvalue weighted by molar-refractivity contribution is 0.0887. The van der Waals surface area contributed by atoms with E-state index in [0.717, 1.165) is 25.2 Å². The van der Waals surface area contributed by atoms with E-state index in [-0.39, 0.29) is 0 Å². The molecule has 224 valence electrons. The predicted molar refractivity (Wildman–Crippen MR) is 167 cm³/mol. The Hall–Kier alpha value is -0.240. The molecule has 2 rings (SSSR count). The van der Waals surface area contributed by atoms with Gasteiger partial charge in [-0.15, -0.1) is 0 Å². The third-order valence-electron chi connectivity index (χ3n) is 8.40. The molecule has 0 radical (unpaired) electrons. The van der Waals surface area contributed by atoms with E-state index >= 15 is 0 Å². The van der Waals surface area contributed by atoms with E-state index in [1.54, 1.807) is 0 Å². The Morgan fingerprint density at radius 3 is 0.811 bits per heavy atom. The molecular weight excluding hydrogens is 456 g/mol. The molecule has 0 saturated carbocycles. The average molecular weight is 527 g/mol. The molecule has 2 fully saturated rings. The Kier molecular flexibility index (Phi) is 19.6. The van der Waals surface area contributed by atoms with E-state index in [1.807, 2.05) is 0 Å². The van der Waals surface area contributed by atoms with Crippen molar-refractivity contribution in [2.75, 3.05) is 79.5 Å². The molecule has 2 aliphatic rings. The summed E-state index contributed by atoms with van der Waals surface area (Å²) >= 11 is 0. The van der Waals surface area contributed by atoms with Crippen molar-refractivity contribution < 1.29 is 0 Å². The summed E-state index contributed by atoms with van der Waals surface area (Å²) < 4.78 is 0. The highest BCUT2D eigenvalue weighted by atomic mass is 15.3. The second-order valence-electron chi connectivity index (χ2n) is 13.0. The maximum Gasteiger partial charge on any atom is 0.0113 e. The molecule has 0 aromatic carbocycles. The number of rotatable bonds is 9. The van der Waals surface area contributed by atoms with Crippen LogP contribution < -0.4 is 0 Å². The van der Waals surface area contributed by atoms with Gasteiger partial charge in [0.2, 0.25) is 0 Å². The molecule has 0 unspecified atom stereocenters. The zero-order chi connectivity index (χ0) is 28.7. The lowest BCUT2D eigenvalue weighted by atomic mass is 10.2. The maximum atomic E-state index is 2.59. The van der Waals surface area contributed by atoms with Crippen LogP contribution in [0.1, 0.15) is 89.5 Å². The van der Waals surface area contributed by atoms with Crippen LogP contribution in [0.3, 0.4) is 0 Å². The van der Waals surface area contributed by atoms with Crippen molar-refractivity contribution in [1.82, 2.24) is 29.4 Å². The summed E-state index contributed by atoms with van der Waals surface area (Å²) in [5, 5.41) is 0. The van der Waals surface area contributed by atoms with Gasteiger partial charge in [-0.2, -0.15) is 0 Å². The lowest BCUT2D eigenvalue weighted by Crippen LogP contribution is -2.50. The lowest BCUT2D eigenvalue weighted by Gasteiger charge is -2.38. The van der Waals surface area contributed by atoms with Gasteiger partial charge in [-0.3, -0.25) is 19.6 Å². The summed E-state index contributed by atoms with van der Waals surface area (Å²) in [6, 6.07) is 4.19. The minimum atomic E-state index is 0.658. The van der Waals surface area contributed by atoms with Gasteiger partial charge >= 0.3 is 0 Å². The Morgan fingerprint density at radius 1 is 0.405 bits per heavy atom. The first-order valence-corrected chi connectivity index (χ1v) is 15.5. The summed E-state index contributed by atoms with van der Waals surface area (Å²) in [7, 11) is 4.36. The van der Waals surface area contributed by atoms with Crippen molar-refractivity contribution >= 4 is 0 Å². The standard InChI is InChI=1S/C11H24N2.C10H22N2.C10H24N2/c1-10(2)12-6-5-7-13(9-8-12)11(3)4;1-9(2)11-5-7-12(8-6-11)10(3)4;1-9(2)11(5)7-8-12(6)10(3)4/h10-11H,5-9H2,1-4H3;9-10H,5-8H2,1-4H3;9-10H,7-8H2,1-6H3. The Bertz CT molecular complexity index is 480.